The summed E-state index contributed by atoms with van der Waals surface area (Å²) in [7, 11) is 0. The zero-order valence-corrected chi connectivity index (χ0v) is 14.7. The lowest BCUT2D eigenvalue weighted by atomic mass is 9.99. The highest BCUT2D eigenvalue weighted by Crippen LogP contribution is 2.24. The lowest BCUT2D eigenvalue weighted by Gasteiger charge is -2.23. The highest BCUT2D eigenvalue weighted by molar-refractivity contribution is 7.08. The van der Waals surface area contributed by atoms with E-state index < -0.39 is 5.60 Å². The van der Waals surface area contributed by atoms with Gasteiger partial charge in [0.05, 0.1) is 5.56 Å². The van der Waals surface area contributed by atoms with E-state index in [0.717, 1.165) is 5.56 Å². The molecule has 6 nitrogen and oxygen atoms in total. The smallest absolute Gasteiger partial charge is 0.188 e. The van der Waals surface area contributed by atoms with Gasteiger partial charge in [0.15, 0.2) is 11.5 Å². The van der Waals surface area contributed by atoms with Gasteiger partial charge >= 0.3 is 0 Å². The van der Waals surface area contributed by atoms with Crippen LogP contribution >= 0.6 is 11.3 Å². The van der Waals surface area contributed by atoms with E-state index in [1.165, 1.54) is 21.9 Å². The molecule has 3 heterocycles. The number of aliphatic hydroxyl groups is 1. The molecule has 0 saturated heterocycles. The largest absolute Gasteiger partial charge is 0.384 e. The van der Waals surface area contributed by atoms with Crippen molar-refractivity contribution < 1.29 is 9.50 Å². The number of hydrogen-bond donors (Lipinski definition) is 2. The number of halogens is 1. The van der Waals surface area contributed by atoms with Crippen molar-refractivity contribution in [2.75, 3.05) is 11.9 Å². The van der Waals surface area contributed by atoms with E-state index in [9.17, 15) is 9.50 Å². The molecule has 0 bridgehead atoms. The summed E-state index contributed by atoms with van der Waals surface area (Å²) >= 11 is 1.53. The van der Waals surface area contributed by atoms with Crippen molar-refractivity contribution in [3.05, 3.63) is 64.6 Å². The summed E-state index contributed by atoms with van der Waals surface area (Å²) in [5.74, 6) is 0.471. The maximum absolute atomic E-state index is 14.1. The second-order valence-electron chi connectivity index (χ2n) is 6.13. The Bertz CT molecular complexity index is 1040. The van der Waals surface area contributed by atoms with Gasteiger partial charge in [0.1, 0.15) is 17.2 Å². The quantitative estimate of drug-likeness (QED) is 0.564. The summed E-state index contributed by atoms with van der Waals surface area (Å²) in [4.78, 5) is 0. The van der Waals surface area contributed by atoms with Gasteiger partial charge in [-0.3, -0.25) is 0 Å². The summed E-state index contributed by atoms with van der Waals surface area (Å²) in [5.41, 5.74) is 0.652. The van der Waals surface area contributed by atoms with E-state index in [1.54, 1.807) is 37.3 Å². The van der Waals surface area contributed by atoms with Crippen molar-refractivity contribution in [3.63, 3.8) is 0 Å². The summed E-state index contributed by atoms with van der Waals surface area (Å²) in [6.45, 7) is 2.02. The van der Waals surface area contributed by atoms with Crippen LogP contribution < -0.4 is 5.32 Å². The van der Waals surface area contributed by atoms with E-state index in [4.69, 9.17) is 0 Å². The number of nitrogens with zero attached hydrogens (tertiary/aromatic N) is 4. The van der Waals surface area contributed by atoms with Crippen molar-refractivity contribution in [1.82, 2.24) is 19.8 Å². The molecule has 26 heavy (non-hydrogen) atoms. The van der Waals surface area contributed by atoms with Crippen LogP contribution in [0, 0.1) is 5.82 Å². The summed E-state index contributed by atoms with van der Waals surface area (Å²) in [6, 6.07) is 11.7. The highest BCUT2D eigenvalue weighted by atomic mass is 32.1. The summed E-state index contributed by atoms with van der Waals surface area (Å²) in [5, 5.41) is 30.1. The first-order valence-corrected chi connectivity index (χ1v) is 8.95. The third kappa shape index (κ3) is 3.04. The molecule has 2 N–H and O–H groups in total. The van der Waals surface area contributed by atoms with Gasteiger partial charge in [-0.05, 0) is 53.6 Å². The number of nitrogens with one attached hydrogen (secondary N) is 1. The molecule has 3 aromatic heterocycles. The first-order valence-electron chi connectivity index (χ1n) is 8.01. The van der Waals surface area contributed by atoms with Gasteiger partial charge in [0.25, 0.3) is 0 Å². The SMILES string of the molecule is CC(O)(CNc1ccc2nnc(-c3ccccc3F)n2n1)c1ccsc1. The number of rotatable bonds is 5. The molecule has 4 rings (SSSR count). The van der Waals surface area contributed by atoms with Gasteiger partial charge in [-0.1, -0.05) is 12.1 Å². The van der Waals surface area contributed by atoms with Crippen LogP contribution in [0.4, 0.5) is 10.2 Å². The van der Waals surface area contributed by atoms with Crippen molar-refractivity contribution in [3.8, 4) is 11.4 Å². The molecule has 0 saturated carbocycles. The van der Waals surface area contributed by atoms with Crippen LogP contribution in [0.3, 0.4) is 0 Å². The van der Waals surface area contributed by atoms with E-state index in [1.807, 2.05) is 16.8 Å². The van der Waals surface area contributed by atoms with Crippen molar-refractivity contribution >= 4 is 22.8 Å². The molecule has 4 aromatic rings. The number of benzene rings is 1. The Morgan fingerprint density at radius 3 is 2.81 bits per heavy atom. The predicted octanol–water partition coefficient (Wildman–Crippen LogP) is 3.31. The topological polar surface area (TPSA) is 75.3 Å². The van der Waals surface area contributed by atoms with E-state index in [2.05, 4.69) is 20.6 Å². The zero-order chi connectivity index (χ0) is 18.1. The fourth-order valence-electron chi connectivity index (χ4n) is 2.63. The Labute approximate surface area is 153 Å². The van der Waals surface area contributed by atoms with Crippen LogP contribution in [0.25, 0.3) is 17.0 Å². The number of anilines is 1. The Hall–Kier alpha value is -2.84. The van der Waals surface area contributed by atoms with Crippen molar-refractivity contribution in [2.24, 2.45) is 0 Å². The molecule has 0 radical (unpaired) electrons. The molecule has 132 valence electrons. The van der Waals surface area contributed by atoms with E-state index in [0.29, 0.717) is 22.9 Å². The third-order valence-corrected chi connectivity index (χ3v) is 4.82. The third-order valence-electron chi connectivity index (χ3n) is 4.13. The maximum atomic E-state index is 14.1. The average molecular weight is 369 g/mol. The Balaban J connectivity index is 1.64. The predicted molar refractivity (Wildman–Crippen MR) is 98.6 cm³/mol. The van der Waals surface area contributed by atoms with E-state index in [-0.39, 0.29) is 12.4 Å². The molecule has 1 aromatic carbocycles. The van der Waals surface area contributed by atoms with Gasteiger partial charge in [0.2, 0.25) is 0 Å². The molecule has 8 heteroatoms. The Morgan fingerprint density at radius 1 is 1.19 bits per heavy atom. The Morgan fingerprint density at radius 2 is 2.04 bits per heavy atom. The van der Waals surface area contributed by atoms with Gasteiger partial charge in [0, 0.05) is 6.54 Å². The van der Waals surface area contributed by atoms with Crippen LogP contribution in [0.5, 0.6) is 0 Å². The second-order valence-corrected chi connectivity index (χ2v) is 6.91. The summed E-state index contributed by atoms with van der Waals surface area (Å²) in [6.07, 6.45) is 0. The molecular weight excluding hydrogens is 353 g/mol. The molecule has 1 atom stereocenters. The highest BCUT2D eigenvalue weighted by Gasteiger charge is 2.23. The number of fused-ring (bicyclic) bond motifs is 1. The van der Waals surface area contributed by atoms with E-state index >= 15 is 0 Å². The number of aromatic nitrogens is 4. The van der Waals surface area contributed by atoms with Crippen LogP contribution in [0.2, 0.25) is 0 Å². The fraction of sp³-hybridized carbons (Fsp3) is 0.167. The van der Waals surface area contributed by atoms with Crippen molar-refractivity contribution in [2.45, 2.75) is 12.5 Å². The van der Waals surface area contributed by atoms with Crippen LogP contribution in [0.1, 0.15) is 12.5 Å². The van der Waals surface area contributed by atoms with Crippen molar-refractivity contribution in [1.29, 1.82) is 0 Å². The monoisotopic (exact) mass is 369 g/mol. The molecule has 0 fully saturated rings. The molecule has 0 spiro atoms. The van der Waals surface area contributed by atoms with Gasteiger partial charge in [-0.15, -0.1) is 15.3 Å². The van der Waals surface area contributed by atoms with Crippen LogP contribution in [-0.2, 0) is 5.60 Å². The minimum atomic E-state index is -1.03. The minimum absolute atomic E-state index is 0.277. The number of hydrogen-bond acceptors (Lipinski definition) is 6. The molecule has 0 aliphatic heterocycles. The average Bonchev–Trinajstić information content (AvgIpc) is 3.31. The molecule has 0 aliphatic rings. The lowest BCUT2D eigenvalue weighted by Crippen LogP contribution is -2.30. The maximum Gasteiger partial charge on any atom is 0.188 e. The zero-order valence-electron chi connectivity index (χ0n) is 13.9. The fourth-order valence-corrected chi connectivity index (χ4v) is 3.41. The van der Waals surface area contributed by atoms with Gasteiger partial charge in [-0.25, -0.2) is 4.39 Å². The second kappa shape index (κ2) is 6.47. The first-order chi connectivity index (χ1) is 12.5. The first kappa shape index (κ1) is 16.6. The Kier molecular flexibility index (Phi) is 4.14. The lowest BCUT2D eigenvalue weighted by molar-refractivity contribution is 0.0719. The van der Waals surface area contributed by atoms with Crippen LogP contribution in [-0.4, -0.2) is 31.5 Å². The standard InChI is InChI=1S/C18H16FN5OS/c1-18(25,12-8-9-26-10-12)11-20-15-6-7-16-21-22-17(24(16)23-15)13-4-2-3-5-14(13)19/h2-10,25H,11H2,1H3,(H,20,23). The molecule has 0 amide bonds. The van der Waals surface area contributed by atoms with Gasteiger partial charge < -0.3 is 10.4 Å². The molecule has 1 unspecified atom stereocenters. The van der Waals surface area contributed by atoms with Crippen LogP contribution in [0.15, 0.2) is 53.2 Å². The normalized spacial score (nSPS) is 13.7. The minimum Gasteiger partial charge on any atom is -0.384 e. The molecular formula is C18H16FN5OS. The number of thiophene rings is 1. The van der Waals surface area contributed by atoms with Gasteiger partial charge in [-0.2, -0.15) is 15.9 Å². The molecule has 0 aliphatic carbocycles. The summed E-state index contributed by atoms with van der Waals surface area (Å²) < 4.78 is 15.6.